The number of aromatic nitrogens is 1. The van der Waals surface area contributed by atoms with Gasteiger partial charge in [0, 0.05) is 6.20 Å². The second-order valence-electron chi connectivity index (χ2n) is 5.20. The lowest BCUT2D eigenvalue weighted by atomic mass is 10.1. The average Bonchev–Trinajstić information content (AvgIpc) is 2.58. The van der Waals surface area contributed by atoms with Gasteiger partial charge in [-0.15, -0.1) is 0 Å². The van der Waals surface area contributed by atoms with E-state index in [1.54, 1.807) is 48.4 Å². The van der Waals surface area contributed by atoms with Gasteiger partial charge in [-0.3, -0.25) is 9.69 Å². The second kappa shape index (κ2) is 6.08. The Morgan fingerprint density at radius 3 is 2.96 bits per heavy atom. The summed E-state index contributed by atoms with van der Waals surface area (Å²) in [6.45, 7) is 2.01. The van der Waals surface area contributed by atoms with E-state index in [0.717, 1.165) is 5.56 Å². The molecule has 2 aromatic rings. The highest BCUT2D eigenvalue weighted by atomic mass is 16.5. The van der Waals surface area contributed by atoms with Crippen molar-refractivity contribution >= 4 is 17.7 Å². The van der Waals surface area contributed by atoms with Gasteiger partial charge in [-0.1, -0.05) is 12.1 Å². The minimum absolute atomic E-state index is 0.167. The maximum atomic E-state index is 12.4. The van der Waals surface area contributed by atoms with E-state index in [4.69, 9.17) is 9.47 Å². The number of hydrogen-bond acceptors (Lipinski definition) is 5. The van der Waals surface area contributed by atoms with Gasteiger partial charge in [-0.25, -0.2) is 9.78 Å². The molecule has 1 unspecified atom stereocenters. The van der Waals surface area contributed by atoms with Crippen LogP contribution in [-0.4, -0.2) is 30.1 Å². The highest BCUT2D eigenvalue weighted by Crippen LogP contribution is 2.32. The third-order valence-electron chi connectivity index (χ3n) is 3.61. The number of benzene rings is 1. The summed E-state index contributed by atoms with van der Waals surface area (Å²) >= 11 is 0. The van der Waals surface area contributed by atoms with Crippen LogP contribution < -0.4 is 9.64 Å². The third kappa shape index (κ3) is 2.88. The fourth-order valence-corrected chi connectivity index (χ4v) is 2.49. The Morgan fingerprint density at radius 1 is 1.35 bits per heavy atom. The predicted molar refractivity (Wildman–Crippen MR) is 83.3 cm³/mol. The van der Waals surface area contributed by atoms with Crippen molar-refractivity contribution in [2.75, 3.05) is 12.0 Å². The molecule has 1 aromatic carbocycles. The summed E-state index contributed by atoms with van der Waals surface area (Å²) in [4.78, 5) is 29.9. The Hall–Kier alpha value is -2.89. The summed E-state index contributed by atoms with van der Waals surface area (Å²) in [7, 11) is 1.34. The first-order chi connectivity index (χ1) is 11.1. The number of amides is 1. The van der Waals surface area contributed by atoms with Gasteiger partial charge in [0.25, 0.3) is 5.91 Å². The van der Waals surface area contributed by atoms with Crippen LogP contribution in [0.5, 0.6) is 5.75 Å². The molecular formula is C17H16N2O4. The van der Waals surface area contributed by atoms with Crippen molar-refractivity contribution in [3.8, 4) is 5.75 Å². The van der Waals surface area contributed by atoms with Crippen LogP contribution in [0.15, 0.2) is 42.6 Å². The second-order valence-corrected chi connectivity index (χ2v) is 5.20. The van der Waals surface area contributed by atoms with Gasteiger partial charge in [0.05, 0.1) is 19.2 Å². The van der Waals surface area contributed by atoms with Crippen LogP contribution in [0.4, 0.5) is 5.82 Å². The quantitative estimate of drug-likeness (QED) is 0.813. The first-order valence-electron chi connectivity index (χ1n) is 7.20. The van der Waals surface area contributed by atoms with Gasteiger partial charge in [0.15, 0.2) is 17.7 Å². The number of fused-ring (bicyclic) bond motifs is 1. The predicted octanol–water partition coefficient (Wildman–Crippen LogP) is 2.18. The molecule has 6 heteroatoms. The third-order valence-corrected chi connectivity index (χ3v) is 3.61. The van der Waals surface area contributed by atoms with Gasteiger partial charge < -0.3 is 9.47 Å². The smallest absolute Gasteiger partial charge is 0.337 e. The number of ether oxygens (including phenoxy) is 2. The average molecular weight is 312 g/mol. The van der Waals surface area contributed by atoms with Crippen molar-refractivity contribution in [3.63, 3.8) is 0 Å². The molecule has 118 valence electrons. The van der Waals surface area contributed by atoms with Crippen molar-refractivity contribution in [1.82, 2.24) is 4.98 Å². The molecule has 6 nitrogen and oxygen atoms in total. The van der Waals surface area contributed by atoms with Crippen LogP contribution in [-0.2, 0) is 16.1 Å². The Bertz CT molecular complexity index is 760. The fraction of sp³-hybridized carbons (Fsp3) is 0.235. The number of carbonyl (C=O) groups excluding carboxylic acids is 2. The van der Waals surface area contributed by atoms with Crippen LogP contribution in [0.3, 0.4) is 0 Å². The Labute approximate surface area is 133 Å². The van der Waals surface area contributed by atoms with Crippen LogP contribution in [0, 0.1) is 0 Å². The molecule has 0 bridgehead atoms. The van der Waals surface area contributed by atoms with Crippen molar-refractivity contribution in [2.45, 2.75) is 19.6 Å². The number of nitrogens with zero attached hydrogens (tertiary/aromatic N) is 2. The molecule has 1 aromatic heterocycles. The monoisotopic (exact) mass is 312 g/mol. The first-order valence-corrected chi connectivity index (χ1v) is 7.20. The van der Waals surface area contributed by atoms with Gasteiger partial charge >= 0.3 is 5.97 Å². The van der Waals surface area contributed by atoms with Crippen molar-refractivity contribution in [1.29, 1.82) is 0 Å². The lowest BCUT2D eigenvalue weighted by Gasteiger charge is -2.31. The van der Waals surface area contributed by atoms with E-state index >= 15 is 0 Å². The largest absolute Gasteiger partial charge is 0.477 e. The molecule has 0 fully saturated rings. The van der Waals surface area contributed by atoms with Crippen molar-refractivity contribution < 1.29 is 19.1 Å². The zero-order valence-electron chi connectivity index (χ0n) is 12.9. The van der Waals surface area contributed by atoms with E-state index in [1.165, 1.54) is 7.11 Å². The topological polar surface area (TPSA) is 68.7 Å². The Morgan fingerprint density at radius 2 is 2.17 bits per heavy atom. The molecule has 0 N–H and O–H groups in total. The maximum Gasteiger partial charge on any atom is 0.337 e. The molecule has 0 saturated heterocycles. The summed E-state index contributed by atoms with van der Waals surface area (Å²) in [6.07, 6.45) is 1.04. The van der Waals surface area contributed by atoms with Gasteiger partial charge in [-0.05, 0) is 36.8 Å². The lowest BCUT2D eigenvalue weighted by Crippen LogP contribution is -2.44. The maximum absolute atomic E-state index is 12.4. The van der Waals surface area contributed by atoms with Gasteiger partial charge in [-0.2, -0.15) is 0 Å². The number of carbonyl (C=O) groups is 2. The molecule has 3 rings (SSSR count). The Kier molecular flexibility index (Phi) is 3.97. The van der Waals surface area contributed by atoms with Crippen molar-refractivity contribution in [3.05, 3.63) is 53.7 Å². The van der Waals surface area contributed by atoms with E-state index in [9.17, 15) is 9.59 Å². The van der Waals surface area contributed by atoms with Crippen LogP contribution in [0.1, 0.15) is 22.8 Å². The molecule has 23 heavy (non-hydrogen) atoms. The molecule has 0 radical (unpaired) electrons. The zero-order chi connectivity index (χ0) is 16.4. The molecule has 0 aliphatic carbocycles. The molecule has 1 amide bonds. The van der Waals surface area contributed by atoms with E-state index in [0.29, 0.717) is 23.7 Å². The minimum atomic E-state index is -0.574. The number of methoxy groups -OCH3 is 1. The van der Waals surface area contributed by atoms with E-state index in [1.807, 2.05) is 6.07 Å². The SMILES string of the molecule is COC(=O)c1cccc(CN2C(=O)C(C)Oc3cccnc32)c1. The number of esters is 1. The van der Waals surface area contributed by atoms with E-state index in [2.05, 4.69) is 4.98 Å². The van der Waals surface area contributed by atoms with E-state index in [-0.39, 0.29) is 5.91 Å². The number of hydrogen-bond donors (Lipinski definition) is 0. The molecule has 1 aliphatic rings. The summed E-state index contributed by atoms with van der Waals surface area (Å²) < 4.78 is 10.3. The Balaban J connectivity index is 1.93. The molecule has 2 heterocycles. The lowest BCUT2D eigenvalue weighted by molar-refractivity contribution is -0.125. The molecular weight excluding hydrogens is 296 g/mol. The summed E-state index contributed by atoms with van der Waals surface area (Å²) in [5, 5.41) is 0. The summed E-state index contributed by atoms with van der Waals surface area (Å²) in [6, 6.07) is 10.5. The van der Waals surface area contributed by atoms with Crippen molar-refractivity contribution in [2.24, 2.45) is 0 Å². The minimum Gasteiger partial charge on any atom is -0.477 e. The normalized spacial score (nSPS) is 16.5. The summed E-state index contributed by atoms with van der Waals surface area (Å²) in [5.41, 5.74) is 1.26. The molecule has 0 spiro atoms. The highest BCUT2D eigenvalue weighted by molar-refractivity contribution is 5.98. The number of pyridine rings is 1. The van der Waals surface area contributed by atoms with Crippen LogP contribution in [0.2, 0.25) is 0 Å². The molecule has 0 saturated carbocycles. The van der Waals surface area contributed by atoms with Crippen LogP contribution >= 0.6 is 0 Å². The van der Waals surface area contributed by atoms with E-state index < -0.39 is 12.1 Å². The standard InChI is InChI=1S/C17H16N2O4/c1-11-16(20)19(15-14(23-11)7-4-8-18-15)10-12-5-3-6-13(9-12)17(21)22-2/h3-9,11H,10H2,1-2H3. The molecule has 1 atom stereocenters. The fourth-order valence-electron chi connectivity index (χ4n) is 2.49. The molecule has 1 aliphatic heterocycles. The highest BCUT2D eigenvalue weighted by Gasteiger charge is 2.32. The zero-order valence-corrected chi connectivity index (χ0v) is 12.9. The van der Waals surface area contributed by atoms with Crippen LogP contribution in [0.25, 0.3) is 0 Å². The van der Waals surface area contributed by atoms with Gasteiger partial charge in [0.2, 0.25) is 0 Å². The number of anilines is 1. The summed E-state index contributed by atoms with van der Waals surface area (Å²) in [5.74, 6) is 0.481. The first kappa shape index (κ1) is 15.0. The number of rotatable bonds is 3. The van der Waals surface area contributed by atoms with Gasteiger partial charge in [0.1, 0.15) is 0 Å².